The molecule has 2 unspecified atom stereocenters. The van der Waals surface area contributed by atoms with Crippen LogP contribution in [0.15, 0.2) is 78.9 Å². The van der Waals surface area contributed by atoms with E-state index in [1.54, 1.807) is 12.4 Å². The summed E-state index contributed by atoms with van der Waals surface area (Å²) in [4.78, 5) is 17.0. The van der Waals surface area contributed by atoms with E-state index >= 15 is 0 Å². The number of carbonyl (C=O) groups excluding carboxylic acids is 1. The molecule has 6 rings (SSSR count). The molecule has 0 radical (unpaired) electrons. The van der Waals surface area contributed by atoms with E-state index in [0.717, 1.165) is 46.6 Å². The van der Waals surface area contributed by atoms with Gasteiger partial charge in [-0.25, -0.2) is 4.68 Å². The quantitative estimate of drug-likeness (QED) is 0.509. The first-order chi connectivity index (χ1) is 16.6. The number of pyridine rings is 1. The highest BCUT2D eigenvalue weighted by Gasteiger charge is 2.53. The third-order valence-corrected chi connectivity index (χ3v) is 7.37. The summed E-state index contributed by atoms with van der Waals surface area (Å²) in [6.07, 6.45) is 10.8. The van der Waals surface area contributed by atoms with Gasteiger partial charge in [0.25, 0.3) is 0 Å². The van der Waals surface area contributed by atoms with E-state index < -0.39 is 5.41 Å². The molecule has 166 valence electrons. The number of ketones is 1. The van der Waals surface area contributed by atoms with Crippen molar-refractivity contribution in [3.8, 4) is 23.0 Å². The second-order valence-corrected chi connectivity index (χ2v) is 9.01. The topological polar surface area (TPSA) is 100 Å². The summed E-state index contributed by atoms with van der Waals surface area (Å²) < 4.78 is 1.82. The first-order valence-electron chi connectivity index (χ1n) is 11.4. The van der Waals surface area contributed by atoms with Crippen molar-refractivity contribution in [3.63, 3.8) is 0 Å². The molecule has 34 heavy (non-hydrogen) atoms. The third kappa shape index (κ3) is 2.82. The Morgan fingerprint density at radius 3 is 2.74 bits per heavy atom. The van der Waals surface area contributed by atoms with Crippen LogP contribution < -0.4 is 0 Å². The number of nitrogens with one attached hydrogen (secondary N) is 1. The number of rotatable bonds is 3. The largest absolute Gasteiger partial charge is 0.293 e. The molecule has 1 N–H and O–H groups in total. The van der Waals surface area contributed by atoms with E-state index in [1.165, 1.54) is 0 Å². The van der Waals surface area contributed by atoms with Crippen LogP contribution in [-0.2, 0) is 16.6 Å². The Hall–Kier alpha value is -4.31. The van der Waals surface area contributed by atoms with Crippen molar-refractivity contribution in [2.24, 2.45) is 11.8 Å². The zero-order valence-corrected chi connectivity index (χ0v) is 18.6. The van der Waals surface area contributed by atoms with Crippen LogP contribution in [0.4, 0.5) is 0 Å². The number of benzene rings is 1. The number of nitriles is 1. The highest BCUT2D eigenvalue weighted by Crippen LogP contribution is 2.54. The first-order valence-corrected chi connectivity index (χ1v) is 11.4. The summed E-state index contributed by atoms with van der Waals surface area (Å²) in [5, 5.41) is 22.4. The lowest BCUT2D eigenvalue weighted by Gasteiger charge is -2.46. The fraction of sp³-hybridized carbons (Fsp3) is 0.222. The van der Waals surface area contributed by atoms with Gasteiger partial charge in [-0.05, 0) is 42.5 Å². The van der Waals surface area contributed by atoms with E-state index in [0.29, 0.717) is 0 Å². The highest BCUT2D eigenvalue weighted by atomic mass is 16.1. The molecule has 2 aliphatic rings. The van der Waals surface area contributed by atoms with Crippen molar-refractivity contribution >= 4 is 5.78 Å². The average Bonchev–Trinajstić information content (AvgIpc) is 3.55. The number of hydrogen-bond acceptors (Lipinski definition) is 5. The van der Waals surface area contributed by atoms with Crippen molar-refractivity contribution in [1.29, 1.82) is 5.26 Å². The minimum atomic E-state index is -0.636. The van der Waals surface area contributed by atoms with Crippen molar-refractivity contribution in [3.05, 3.63) is 95.7 Å². The number of carbonyl (C=O) groups is 1. The molecular formula is C27H22N6O. The lowest BCUT2D eigenvalue weighted by atomic mass is 9.54. The summed E-state index contributed by atoms with van der Waals surface area (Å²) >= 11 is 0. The van der Waals surface area contributed by atoms with Gasteiger partial charge in [0.2, 0.25) is 0 Å². The Labute approximate surface area is 196 Å². The van der Waals surface area contributed by atoms with Gasteiger partial charge in [0.1, 0.15) is 6.07 Å². The SMILES string of the molecule is CC1C(=O)C(C#N)=C[C@]2(c3ccccc3)c3n[nH]c(-c4cnn(-c5ccncc5)c4)c3CCC12. The molecule has 4 aromatic rings. The summed E-state index contributed by atoms with van der Waals surface area (Å²) in [6.45, 7) is 1.95. The number of nitrogens with zero attached hydrogens (tertiary/aromatic N) is 5. The molecule has 0 fully saturated rings. The van der Waals surface area contributed by atoms with E-state index in [1.807, 2.05) is 60.4 Å². The van der Waals surface area contributed by atoms with Gasteiger partial charge in [0.15, 0.2) is 5.78 Å². The molecule has 0 saturated carbocycles. The molecular weight excluding hydrogens is 424 g/mol. The predicted molar refractivity (Wildman–Crippen MR) is 126 cm³/mol. The van der Waals surface area contributed by atoms with Gasteiger partial charge < -0.3 is 0 Å². The molecule has 3 atom stereocenters. The van der Waals surface area contributed by atoms with Gasteiger partial charge in [-0.3, -0.25) is 14.9 Å². The molecule has 0 aliphatic heterocycles. The minimum Gasteiger partial charge on any atom is -0.293 e. The number of hydrogen-bond donors (Lipinski definition) is 1. The van der Waals surface area contributed by atoms with Crippen molar-refractivity contribution in [1.82, 2.24) is 25.0 Å². The predicted octanol–water partition coefficient (Wildman–Crippen LogP) is 4.17. The molecule has 7 heteroatoms. The number of fused-ring (bicyclic) bond motifs is 3. The van der Waals surface area contributed by atoms with E-state index in [-0.39, 0.29) is 23.2 Å². The molecule has 0 saturated heterocycles. The molecule has 3 heterocycles. The fourth-order valence-corrected chi connectivity index (χ4v) is 5.76. The van der Waals surface area contributed by atoms with Gasteiger partial charge in [-0.15, -0.1) is 0 Å². The van der Waals surface area contributed by atoms with Crippen LogP contribution in [0.1, 0.15) is 30.2 Å². The molecule has 7 nitrogen and oxygen atoms in total. The van der Waals surface area contributed by atoms with Crippen molar-refractivity contribution < 1.29 is 4.79 Å². The maximum absolute atomic E-state index is 12.9. The maximum Gasteiger partial charge on any atom is 0.176 e. The normalized spacial score (nSPS) is 23.5. The van der Waals surface area contributed by atoms with Gasteiger partial charge >= 0.3 is 0 Å². The van der Waals surface area contributed by atoms with Crippen LogP contribution in [0.5, 0.6) is 0 Å². The van der Waals surface area contributed by atoms with Gasteiger partial charge in [0, 0.05) is 35.6 Å². The fourth-order valence-electron chi connectivity index (χ4n) is 5.76. The lowest BCUT2D eigenvalue weighted by Crippen LogP contribution is -2.48. The Morgan fingerprint density at radius 1 is 1.18 bits per heavy atom. The number of aromatic nitrogens is 5. The smallest absolute Gasteiger partial charge is 0.176 e. The first kappa shape index (κ1) is 20.3. The summed E-state index contributed by atoms with van der Waals surface area (Å²) in [5.41, 5.74) is 5.45. The second kappa shape index (κ2) is 7.63. The molecule has 0 bridgehead atoms. The maximum atomic E-state index is 12.9. The third-order valence-electron chi connectivity index (χ3n) is 7.37. The number of aromatic amines is 1. The van der Waals surface area contributed by atoms with Crippen LogP contribution in [0, 0.1) is 23.2 Å². The minimum absolute atomic E-state index is 0.0303. The Morgan fingerprint density at radius 2 is 1.97 bits per heavy atom. The highest BCUT2D eigenvalue weighted by molar-refractivity contribution is 6.02. The van der Waals surface area contributed by atoms with Gasteiger partial charge in [0.05, 0.1) is 34.3 Å². The van der Waals surface area contributed by atoms with Gasteiger partial charge in [-0.2, -0.15) is 15.5 Å². The van der Waals surface area contributed by atoms with Crippen LogP contribution in [-0.4, -0.2) is 30.7 Å². The zero-order valence-electron chi connectivity index (χ0n) is 18.6. The summed E-state index contributed by atoms with van der Waals surface area (Å²) in [7, 11) is 0. The Kier molecular flexibility index (Phi) is 4.56. The van der Waals surface area contributed by atoms with Gasteiger partial charge in [-0.1, -0.05) is 37.3 Å². The lowest BCUT2D eigenvalue weighted by molar-refractivity contribution is -0.121. The summed E-state index contributed by atoms with van der Waals surface area (Å²) in [5.74, 6) is -0.304. The molecule has 0 amide bonds. The van der Waals surface area contributed by atoms with E-state index in [9.17, 15) is 10.1 Å². The van der Waals surface area contributed by atoms with Crippen LogP contribution in [0.3, 0.4) is 0 Å². The number of Topliss-reactive ketones (excluding diaryl/α,β-unsaturated/α-hetero) is 1. The number of H-pyrrole nitrogens is 1. The van der Waals surface area contributed by atoms with E-state index in [4.69, 9.17) is 5.10 Å². The van der Waals surface area contributed by atoms with Crippen molar-refractivity contribution in [2.45, 2.75) is 25.2 Å². The average molecular weight is 447 g/mol. The van der Waals surface area contributed by atoms with Crippen LogP contribution in [0.2, 0.25) is 0 Å². The Balaban J connectivity index is 1.54. The Bertz CT molecular complexity index is 1460. The van der Waals surface area contributed by atoms with Crippen molar-refractivity contribution in [2.75, 3.05) is 0 Å². The molecule has 1 aromatic carbocycles. The molecule has 2 aliphatic carbocycles. The monoisotopic (exact) mass is 446 g/mol. The van der Waals surface area contributed by atoms with E-state index in [2.05, 4.69) is 33.4 Å². The summed E-state index contributed by atoms with van der Waals surface area (Å²) in [6, 6.07) is 16.1. The van der Waals surface area contributed by atoms with Crippen LogP contribution >= 0.6 is 0 Å². The molecule has 3 aromatic heterocycles. The molecule has 0 spiro atoms. The number of allylic oxidation sites excluding steroid dienone is 2. The van der Waals surface area contributed by atoms with Crippen LogP contribution in [0.25, 0.3) is 16.9 Å². The zero-order chi connectivity index (χ0) is 23.3. The standard InChI is InChI=1S/C27H22N6O/c1-17-23-8-7-22-24(19-15-30-33(16-19)21-9-11-29-12-10-21)31-32-26(22)27(23,13-18(14-28)25(17)34)20-5-3-2-4-6-20/h2-6,9-13,15-17,23H,7-8H2,1H3,(H,31,32)/t17?,23?,27-/m1/s1. The second-order valence-electron chi connectivity index (χ2n) is 9.01.